The van der Waals surface area contributed by atoms with Crippen molar-refractivity contribution in [2.75, 3.05) is 18.6 Å². The third-order valence-corrected chi connectivity index (χ3v) is 3.67. The van der Waals surface area contributed by atoms with Crippen molar-refractivity contribution in [1.82, 2.24) is 0 Å². The van der Waals surface area contributed by atoms with E-state index in [1.54, 1.807) is 23.1 Å². The first-order valence-corrected chi connectivity index (χ1v) is 6.79. The number of rotatable bonds is 2. The Morgan fingerprint density at radius 1 is 1.05 bits per heavy atom. The van der Waals surface area contributed by atoms with Crippen LogP contribution in [0.15, 0.2) is 48.5 Å². The molecule has 0 spiro atoms. The number of methoxy groups -OCH3 is 1. The Kier molecular flexibility index (Phi) is 3.44. The van der Waals surface area contributed by atoms with E-state index in [1.807, 2.05) is 30.3 Å². The molecule has 3 rings (SSSR count). The molecule has 2 aromatic rings. The molecule has 1 heterocycles. The predicted molar refractivity (Wildman–Crippen MR) is 79.6 cm³/mol. The van der Waals surface area contributed by atoms with Gasteiger partial charge in [-0.25, -0.2) is 4.79 Å². The van der Waals surface area contributed by atoms with Crippen LogP contribution in [-0.4, -0.2) is 25.5 Å². The minimum Gasteiger partial charge on any atom is -0.465 e. The van der Waals surface area contributed by atoms with E-state index in [0.29, 0.717) is 23.4 Å². The van der Waals surface area contributed by atoms with Crippen LogP contribution in [0, 0.1) is 0 Å². The quantitative estimate of drug-likeness (QED) is 0.795. The van der Waals surface area contributed by atoms with Gasteiger partial charge in [-0.1, -0.05) is 30.3 Å². The van der Waals surface area contributed by atoms with Crippen LogP contribution in [0.25, 0.3) is 0 Å². The van der Waals surface area contributed by atoms with Gasteiger partial charge in [-0.2, -0.15) is 0 Å². The van der Waals surface area contributed by atoms with Crippen LogP contribution < -0.4 is 4.90 Å². The van der Waals surface area contributed by atoms with E-state index >= 15 is 0 Å². The number of hydrogen-bond acceptors (Lipinski definition) is 3. The highest BCUT2D eigenvalue weighted by atomic mass is 16.5. The Bertz CT molecular complexity index is 694. The lowest BCUT2D eigenvalue weighted by atomic mass is 10.1. The van der Waals surface area contributed by atoms with E-state index in [4.69, 9.17) is 4.74 Å². The molecular weight excluding hydrogens is 266 g/mol. The number of benzene rings is 2. The summed E-state index contributed by atoms with van der Waals surface area (Å²) < 4.78 is 4.82. The molecule has 2 aromatic carbocycles. The number of hydrogen-bond donors (Lipinski definition) is 0. The summed E-state index contributed by atoms with van der Waals surface area (Å²) in [5, 5.41) is 0. The van der Waals surface area contributed by atoms with Crippen LogP contribution in [-0.2, 0) is 11.2 Å². The third kappa shape index (κ3) is 2.29. The molecule has 0 saturated heterocycles. The average Bonchev–Trinajstić information content (AvgIpc) is 2.98. The van der Waals surface area contributed by atoms with Crippen LogP contribution in [0.2, 0.25) is 0 Å². The van der Waals surface area contributed by atoms with Gasteiger partial charge in [0.1, 0.15) is 0 Å². The first-order chi connectivity index (χ1) is 10.2. The SMILES string of the molecule is COC(=O)c1cccc2c1N(C(=O)c1ccccc1)CC2. The second-order valence-corrected chi connectivity index (χ2v) is 4.88. The van der Waals surface area contributed by atoms with E-state index < -0.39 is 5.97 Å². The van der Waals surface area contributed by atoms with Crippen LogP contribution in [0.5, 0.6) is 0 Å². The first-order valence-electron chi connectivity index (χ1n) is 6.79. The number of nitrogens with zero attached hydrogens (tertiary/aromatic N) is 1. The van der Waals surface area contributed by atoms with Crippen LogP contribution in [0.3, 0.4) is 0 Å². The monoisotopic (exact) mass is 281 g/mol. The van der Waals surface area contributed by atoms with Crippen molar-refractivity contribution in [3.63, 3.8) is 0 Å². The van der Waals surface area contributed by atoms with Gasteiger partial charge >= 0.3 is 5.97 Å². The summed E-state index contributed by atoms with van der Waals surface area (Å²) in [4.78, 5) is 26.2. The molecule has 0 saturated carbocycles. The maximum atomic E-state index is 12.6. The summed E-state index contributed by atoms with van der Waals surface area (Å²) in [5.74, 6) is -0.509. The van der Waals surface area contributed by atoms with Gasteiger partial charge in [0.15, 0.2) is 0 Å². The predicted octanol–water partition coefficient (Wildman–Crippen LogP) is 2.68. The maximum absolute atomic E-state index is 12.6. The second kappa shape index (κ2) is 5.40. The summed E-state index contributed by atoms with van der Waals surface area (Å²) in [6.45, 7) is 0.580. The summed E-state index contributed by atoms with van der Waals surface area (Å²) in [5.41, 5.74) is 2.74. The highest BCUT2D eigenvalue weighted by Gasteiger charge is 2.30. The van der Waals surface area contributed by atoms with Crippen molar-refractivity contribution in [2.45, 2.75) is 6.42 Å². The number of fused-ring (bicyclic) bond motifs is 1. The smallest absolute Gasteiger partial charge is 0.339 e. The lowest BCUT2D eigenvalue weighted by molar-refractivity contribution is 0.0601. The zero-order chi connectivity index (χ0) is 14.8. The molecule has 1 aliphatic heterocycles. The minimum atomic E-state index is -0.417. The van der Waals surface area contributed by atoms with Gasteiger partial charge in [0, 0.05) is 12.1 Å². The zero-order valence-electron chi connectivity index (χ0n) is 11.7. The van der Waals surface area contributed by atoms with Crippen molar-refractivity contribution >= 4 is 17.6 Å². The number of para-hydroxylation sites is 1. The van der Waals surface area contributed by atoms with Crippen molar-refractivity contribution in [1.29, 1.82) is 0 Å². The highest BCUT2D eigenvalue weighted by molar-refractivity contribution is 6.11. The molecule has 21 heavy (non-hydrogen) atoms. The van der Waals surface area contributed by atoms with E-state index in [9.17, 15) is 9.59 Å². The molecular formula is C17H15NO3. The van der Waals surface area contributed by atoms with Crippen molar-refractivity contribution in [3.05, 3.63) is 65.2 Å². The molecule has 4 heteroatoms. The maximum Gasteiger partial charge on any atom is 0.339 e. The van der Waals surface area contributed by atoms with E-state index in [0.717, 1.165) is 12.0 Å². The second-order valence-electron chi connectivity index (χ2n) is 4.88. The number of anilines is 1. The molecule has 1 aliphatic rings. The molecule has 1 amide bonds. The Labute approximate surface area is 123 Å². The average molecular weight is 281 g/mol. The topological polar surface area (TPSA) is 46.6 Å². The normalized spacial score (nSPS) is 12.9. The van der Waals surface area contributed by atoms with Crippen LogP contribution in [0.4, 0.5) is 5.69 Å². The van der Waals surface area contributed by atoms with Gasteiger partial charge in [-0.15, -0.1) is 0 Å². The molecule has 0 bridgehead atoms. The number of carbonyl (C=O) groups is 2. The summed E-state index contributed by atoms with van der Waals surface area (Å²) in [6, 6.07) is 14.5. The molecule has 0 radical (unpaired) electrons. The molecule has 4 nitrogen and oxygen atoms in total. The number of amides is 1. The van der Waals surface area contributed by atoms with E-state index in [1.165, 1.54) is 7.11 Å². The largest absolute Gasteiger partial charge is 0.465 e. The van der Waals surface area contributed by atoms with Gasteiger partial charge in [-0.05, 0) is 30.2 Å². The van der Waals surface area contributed by atoms with Gasteiger partial charge in [-0.3, -0.25) is 4.79 Å². The number of esters is 1. The van der Waals surface area contributed by atoms with Gasteiger partial charge in [0.2, 0.25) is 0 Å². The van der Waals surface area contributed by atoms with Gasteiger partial charge in [0.25, 0.3) is 5.91 Å². The van der Waals surface area contributed by atoms with Crippen LogP contribution in [0.1, 0.15) is 26.3 Å². The molecule has 0 atom stereocenters. The Balaban J connectivity index is 2.04. The molecule has 0 aliphatic carbocycles. The van der Waals surface area contributed by atoms with Crippen molar-refractivity contribution in [3.8, 4) is 0 Å². The molecule has 0 unspecified atom stereocenters. The lowest BCUT2D eigenvalue weighted by Crippen LogP contribution is -2.30. The lowest BCUT2D eigenvalue weighted by Gasteiger charge is -2.19. The number of ether oxygens (including phenoxy) is 1. The Morgan fingerprint density at radius 3 is 2.52 bits per heavy atom. The minimum absolute atomic E-state index is 0.0919. The van der Waals surface area contributed by atoms with Crippen molar-refractivity contribution < 1.29 is 14.3 Å². The highest BCUT2D eigenvalue weighted by Crippen LogP contribution is 2.33. The van der Waals surface area contributed by atoms with E-state index in [-0.39, 0.29) is 5.91 Å². The van der Waals surface area contributed by atoms with E-state index in [2.05, 4.69) is 0 Å². The Hall–Kier alpha value is -2.62. The van der Waals surface area contributed by atoms with Gasteiger partial charge < -0.3 is 9.64 Å². The fourth-order valence-electron chi connectivity index (χ4n) is 2.67. The van der Waals surface area contributed by atoms with Crippen LogP contribution >= 0.6 is 0 Å². The molecule has 0 N–H and O–H groups in total. The summed E-state index contributed by atoms with van der Waals surface area (Å²) in [6.07, 6.45) is 0.749. The van der Waals surface area contributed by atoms with Crippen molar-refractivity contribution in [2.24, 2.45) is 0 Å². The number of carbonyl (C=O) groups excluding carboxylic acids is 2. The molecule has 0 aromatic heterocycles. The standard InChI is InChI=1S/C17H15NO3/c1-21-17(20)14-9-5-8-12-10-11-18(15(12)14)16(19)13-6-3-2-4-7-13/h2-9H,10-11H2,1H3. The first kappa shape index (κ1) is 13.4. The summed E-state index contributed by atoms with van der Waals surface area (Å²) in [7, 11) is 1.35. The third-order valence-electron chi connectivity index (χ3n) is 3.67. The fraction of sp³-hybridized carbons (Fsp3) is 0.176. The van der Waals surface area contributed by atoms with Gasteiger partial charge in [0.05, 0.1) is 18.4 Å². The summed E-state index contributed by atoms with van der Waals surface area (Å²) >= 11 is 0. The zero-order valence-corrected chi connectivity index (χ0v) is 11.7. The molecule has 0 fully saturated rings. The molecule has 106 valence electrons. The fourth-order valence-corrected chi connectivity index (χ4v) is 2.67. The Morgan fingerprint density at radius 2 is 1.81 bits per heavy atom.